The van der Waals surface area contributed by atoms with E-state index in [2.05, 4.69) is 42.3 Å². The van der Waals surface area contributed by atoms with E-state index in [0.717, 1.165) is 63.0 Å². The number of rotatable bonds is 9. The van der Waals surface area contributed by atoms with Gasteiger partial charge < -0.3 is 9.80 Å². The summed E-state index contributed by atoms with van der Waals surface area (Å²) >= 11 is 0. The van der Waals surface area contributed by atoms with E-state index in [0.29, 0.717) is 12.8 Å². The van der Waals surface area contributed by atoms with Crippen molar-refractivity contribution in [3.63, 3.8) is 0 Å². The summed E-state index contributed by atoms with van der Waals surface area (Å²) < 4.78 is 0. The summed E-state index contributed by atoms with van der Waals surface area (Å²) in [7, 11) is 2.16. The summed E-state index contributed by atoms with van der Waals surface area (Å²) in [5, 5.41) is 0. The van der Waals surface area contributed by atoms with Crippen molar-refractivity contribution >= 4 is 17.4 Å². The van der Waals surface area contributed by atoms with Crippen LogP contribution in [0.3, 0.4) is 0 Å². The molecule has 0 atom stereocenters. The van der Waals surface area contributed by atoms with Crippen molar-refractivity contribution in [3.05, 3.63) is 64.7 Å². The molecule has 0 saturated heterocycles. The number of likely N-dealkylation sites (N-methyl/N-ethyl adjacent to an activating group) is 1. The predicted molar refractivity (Wildman–Crippen MR) is 117 cm³/mol. The first-order valence-electron chi connectivity index (χ1n) is 10.8. The Hall–Kier alpha value is -2.46. The van der Waals surface area contributed by atoms with E-state index < -0.39 is 0 Å². The Labute approximate surface area is 173 Å². The highest BCUT2D eigenvalue weighted by Gasteiger charge is 2.31. The lowest BCUT2D eigenvalue weighted by Crippen LogP contribution is -2.32. The number of anilines is 1. The second-order valence-electron chi connectivity index (χ2n) is 8.36. The van der Waals surface area contributed by atoms with Crippen LogP contribution in [0.1, 0.15) is 52.7 Å². The van der Waals surface area contributed by atoms with Gasteiger partial charge in [0, 0.05) is 31.5 Å². The Kier molecular flexibility index (Phi) is 6.10. The molecule has 4 nitrogen and oxygen atoms in total. The van der Waals surface area contributed by atoms with Gasteiger partial charge >= 0.3 is 0 Å². The summed E-state index contributed by atoms with van der Waals surface area (Å²) in [5.74, 6) is 0.470. The van der Waals surface area contributed by atoms with Gasteiger partial charge in [-0.3, -0.25) is 9.59 Å². The molecular weight excluding hydrogens is 360 g/mol. The fourth-order valence-electron chi connectivity index (χ4n) is 4.51. The van der Waals surface area contributed by atoms with Gasteiger partial charge in [0.05, 0.1) is 5.69 Å². The van der Waals surface area contributed by atoms with E-state index in [1.807, 2.05) is 17.0 Å². The van der Waals surface area contributed by atoms with E-state index >= 15 is 0 Å². The summed E-state index contributed by atoms with van der Waals surface area (Å²) in [6.07, 6.45) is 5.84. The molecule has 0 unspecified atom stereocenters. The molecule has 0 spiro atoms. The molecule has 2 aliphatic heterocycles. The average molecular weight is 391 g/mol. The third kappa shape index (κ3) is 4.59. The normalized spacial score (nSPS) is 15.1. The molecule has 29 heavy (non-hydrogen) atoms. The van der Waals surface area contributed by atoms with Crippen LogP contribution in [0.25, 0.3) is 0 Å². The average Bonchev–Trinajstić information content (AvgIpc) is 3.18. The number of amides is 1. The number of Topliss-reactive ketones (excluding diaryl/α,β-unsaturated/α-hetero) is 1. The first kappa shape index (κ1) is 19.8. The van der Waals surface area contributed by atoms with Crippen LogP contribution in [0.15, 0.2) is 42.5 Å². The smallest absolute Gasteiger partial charge is 0.227 e. The van der Waals surface area contributed by atoms with Crippen LogP contribution < -0.4 is 4.90 Å². The van der Waals surface area contributed by atoms with E-state index in [4.69, 9.17) is 0 Å². The molecule has 0 saturated carbocycles. The van der Waals surface area contributed by atoms with Crippen molar-refractivity contribution < 1.29 is 9.59 Å². The molecule has 0 N–H and O–H groups in total. The second-order valence-corrected chi connectivity index (χ2v) is 8.36. The van der Waals surface area contributed by atoms with Crippen LogP contribution in [-0.2, 0) is 24.1 Å². The molecule has 0 aliphatic carbocycles. The van der Waals surface area contributed by atoms with Crippen molar-refractivity contribution in [1.82, 2.24) is 4.90 Å². The number of ketones is 1. The zero-order valence-electron chi connectivity index (χ0n) is 17.3. The number of nitrogens with zero attached hydrogens (tertiary/aromatic N) is 2. The molecule has 2 aromatic carbocycles. The zero-order chi connectivity index (χ0) is 20.2. The molecule has 0 radical (unpaired) electrons. The van der Waals surface area contributed by atoms with Crippen molar-refractivity contribution in [3.8, 4) is 0 Å². The largest absolute Gasteiger partial charge is 0.312 e. The fraction of sp³-hybridized carbons (Fsp3) is 0.440. The van der Waals surface area contributed by atoms with Crippen molar-refractivity contribution in [1.29, 1.82) is 0 Å². The number of unbranched alkanes of at least 4 members (excludes halogenated alkanes) is 1. The molecule has 1 amide bonds. The molecule has 4 rings (SSSR count). The van der Waals surface area contributed by atoms with Crippen molar-refractivity contribution in [2.75, 3.05) is 31.6 Å². The highest BCUT2D eigenvalue weighted by Crippen LogP contribution is 2.37. The van der Waals surface area contributed by atoms with Gasteiger partial charge in [0.15, 0.2) is 5.78 Å². The summed E-state index contributed by atoms with van der Waals surface area (Å²) in [6.45, 7) is 2.84. The van der Waals surface area contributed by atoms with Gasteiger partial charge in [-0.1, -0.05) is 30.3 Å². The van der Waals surface area contributed by atoms with E-state index in [-0.39, 0.29) is 11.7 Å². The zero-order valence-corrected chi connectivity index (χ0v) is 17.3. The molecule has 2 aliphatic rings. The van der Waals surface area contributed by atoms with E-state index in [1.165, 1.54) is 16.7 Å². The number of carbonyl (C=O) groups is 2. The van der Waals surface area contributed by atoms with Gasteiger partial charge in [-0.2, -0.15) is 0 Å². The first-order valence-corrected chi connectivity index (χ1v) is 10.8. The van der Waals surface area contributed by atoms with Crippen LogP contribution >= 0.6 is 0 Å². The molecular formula is C25H30N2O2. The van der Waals surface area contributed by atoms with E-state index in [9.17, 15) is 9.59 Å². The first-order chi connectivity index (χ1) is 14.1. The van der Waals surface area contributed by atoms with E-state index in [1.54, 1.807) is 0 Å². The minimum Gasteiger partial charge on any atom is -0.312 e. The number of benzene rings is 2. The van der Waals surface area contributed by atoms with Crippen LogP contribution in [0.2, 0.25) is 0 Å². The Morgan fingerprint density at radius 3 is 2.55 bits per heavy atom. The monoisotopic (exact) mass is 390 g/mol. The summed E-state index contributed by atoms with van der Waals surface area (Å²) in [5.41, 5.74) is 5.67. The van der Waals surface area contributed by atoms with Crippen molar-refractivity contribution in [2.45, 2.75) is 44.9 Å². The highest BCUT2D eigenvalue weighted by molar-refractivity contribution is 6.02. The highest BCUT2D eigenvalue weighted by atomic mass is 16.2. The Morgan fingerprint density at radius 1 is 1.00 bits per heavy atom. The van der Waals surface area contributed by atoms with Crippen LogP contribution in [0.5, 0.6) is 0 Å². The van der Waals surface area contributed by atoms with Gasteiger partial charge in [0.1, 0.15) is 0 Å². The standard InChI is InChI=1S/C25H30N2O2/c1-26(15-12-19-7-3-2-4-8-19)14-6-5-9-23(28)22-17-20-10-11-24(29)27-16-13-21(18-22)25(20)27/h2-4,7-8,17-18H,5-6,9-16H2,1H3. The van der Waals surface area contributed by atoms with Gasteiger partial charge in [0.25, 0.3) is 0 Å². The minimum atomic E-state index is 0.228. The van der Waals surface area contributed by atoms with Gasteiger partial charge in [-0.05, 0) is 74.5 Å². The third-order valence-corrected chi connectivity index (χ3v) is 6.19. The van der Waals surface area contributed by atoms with Gasteiger partial charge in [0.2, 0.25) is 5.91 Å². The molecule has 0 fully saturated rings. The molecule has 152 valence electrons. The lowest BCUT2D eigenvalue weighted by molar-refractivity contribution is -0.118. The molecule has 0 bridgehead atoms. The third-order valence-electron chi connectivity index (χ3n) is 6.19. The Morgan fingerprint density at radius 2 is 1.76 bits per heavy atom. The van der Waals surface area contributed by atoms with Gasteiger partial charge in [-0.15, -0.1) is 0 Å². The van der Waals surface area contributed by atoms with Crippen LogP contribution in [0.4, 0.5) is 5.69 Å². The molecule has 4 heteroatoms. The minimum absolute atomic E-state index is 0.228. The lowest BCUT2D eigenvalue weighted by Gasteiger charge is -2.25. The fourth-order valence-corrected chi connectivity index (χ4v) is 4.51. The number of hydrogen-bond acceptors (Lipinski definition) is 3. The lowest BCUT2D eigenvalue weighted by atomic mass is 9.94. The molecule has 2 heterocycles. The van der Waals surface area contributed by atoms with Gasteiger partial charge in [-0.25, -0.2) is 0 Å². The predicted octanol–water partition coefficient (Wildman–Crippen LogP) is 4.05. The van der Waals surface area contributed by atoms with Crippen LogP contribution in [0, 0.1) is 0 Å². The summed E-state index contributed by atoms with van der Waals surface area (Å²) in [6, 6.07) is 14.6. The summed E-state index contributed by atoms with van der Waals surface area (Å²) in [4.78, 5) is 29.0. The van der Waals surface area contributed by atoms with Crippen LogP contribution in [-0.4, -0.2) is 43.3 Å². The number of carbonyl (C=O) groups excluding carboxylic acids is 2. The maximum absolute atomic E-state index is 12.7. The Balaban J connectivity index is 1.24. The topological polar surface area (TPSA) is 40.6 Å². The Bertz CT molecular complexity index is 891. The number of aryl methyl sites for hydroxylation is 1. The molecule has 0 aromatic heterocycles. The second kappa shape index (κ2) is 8.91. The molecule has 2 aromatic rings. The maximum atomic E-state index is 12.7. The van der Waals surface area contributed by atoms with Crippen molar-refractivity contribution in [2.24, 2.45) is 0 Å². The number of hydrogen-bond donors (Lipinski definition) is 0. The maximum Gasteiger partial charge on any atom is 0.227 e. The SMILES string of the molecule is CN(CCCCC(=O)c1cc2c3c(c1)CCN3C(=O)CC2)CCc1ccccc1. The quantitative estimate of drug-likeness (QED) is 0.479.